The van der Waals surface area contributed by atoms with Crippen LogP contribution in [0.3, 0.4) is 0 Å². The van der Waals surface area contributed by atoms with Crippen molar-refractivity contribution in [2.45, 2.75) is 30.3 Å². The van der Waals surface area contributed by atoms with Crippen LogP contribution in [0, 0.1) is 0 Å². The Morgan fingerprint density at radius 3 is 2.87 bits per heavy atom. The Bertz CT molecular complexity index is 981. The summed E-state index contributed by atoms with van der Waals surface area (Å²) in [7, 11) is 1.79. The Labute approximate surface area is 183 Å². The summed E-state index contributed by atoms with van der Waals surface area (Å²) in [6, 6.07) is 8.30. The molecule has 5 rings (SSSR count). The van der Waals surface area contributed by atoms with Gasteiger partial charge in [-0.15, -0.1) is 0 Å². The molecule has 0 aliphatic carbocycles. The second-order valence-corrected chi connectivity index (χ2v) is 9.69. The van der Waals surface area contributed by atoms with Gasteiger partial charge in [0.1, 0.15) is 0 Å². The number of anilines is 3. The fraction of sp³-hybridized carbons (Fsp3) is 0.455. The van der Waals surface area contributed by atoms with Crippen LogP contribution in [0.1, 0.15) is 29.0 Å². The van der Waals surface area contributed by atoms with Crippen molar-refractivity contribution in [3.63, 3.8) is 0 Å². The van der Waals surface area contributed by atoms with E-state index in [0.717, 1.165) is 55.4 Å². The largest absolute Gasteiger partial charge is 0.416 e. The van der Waals surface area contributed by atoms with Crippen molar-refractivity contribution in [2.75, 3.05) is 42.2 Å². The fourth-order valence-electron chi connectivity index (χ4n) is 5.05. The molecule has 3 heterocycles. The second kappa shape index (κ2) is 7.53. The molecule has 2 atom stereocenters. The minimum Gasteiger partial charge on any atom is -0.367 e. The average Bonchev–Trinajstić information content (AvgIpc) is 2.88. The first kappa shape index (κ1) is 20.3. The van der Waals surface area contributed by atoms with Gasteiger partial charge in [-0.3, -0.25) is 0 Å². The van der Waals surface area contributed by atoms with Gasteiger partial charge in [0.25, 0.3) is 0 Å². The molecule has 8 heteroatoms. The van der Waals surface area contributed by atoms with Crippen LogP contribution >= 0.6 is 23.4 Å². The van der Waals surface area contributed by atoms with E-state index in [1.165, 1.54) is 22.9 Å². The lowest BCUT2D eigenvalue weighted by molar-refractivity contribution is -0.137. The molecule has 2 aromatic rings. The number of piperidine rings is 1. The summed E-state index contributed by atoms with van der Waals surface area (Å²) in [5.74, 6) is 2.43. The molecule has 3 aliphatic rings. The van der Waals surface area contributed by atoms with Gasteiger partial charge in [0.15, 0.2) is 0 Å². The number of thioether (sulfide) groups is 1. The van der Waals surface area contributed by atoms with Crippen molar-refractivity contribution >= 4 is 40.4 Å². The van der Waals surface area contributed by atoms with Crippen molar-refractivity contribution in [2.24, 2.45) is 0 Å². The number of benzene rings is 2. The van der Waals surface area contributed by atoms with Crippen molar-refractivity contribution in [3.8, 4) is 0 Å². The predicted molar refractivity (Wildman–Crippen MR) is 118 cm³/mol. The minimum atomic E-state index is -4.40. The van der Waals surface area contributed by atoms with Gasteiger partial charge in [0.2, 0.25) is 0 Å². The lowest BCUT2D eigenvalue weighted by Crippen LogP contribution is -2.44. The summed E-state index contributed by atoms with van der Waals surface area (Å²) in [6.07, 6.45) is -3.28. The second-order valence-electron chi connectivity index (χ2n) is 8.18. The molecule has 1 saturated heterocycles. The molecule has 2 aromatic carbocycles. The lowest BCUT2D eigenvalue weighted by atomic mass is 9.89. The predicted octanol–water partition coefficient (Wildman–Crippen LogP) is 5.64. The highest BCUT2D eigenvalue weighted by atomic mass is 35.5. The topological polar surface area (TPSA) is 18.5 Å². The Morgan fingerprint density at radius 2 is 2.07 bits per heavy atom. The van der Waals surface area contributed by atoms with Crippen molar-refractivity contribution in [1.82, 2.24) is 5.32 Å². The highest BCUT2D eigenvalue weighted by molar-refractivity contribution is 7.98. The summed E-state index contributed by atoms with van der Waals surface area (Å²) in [5.41, 5.74) is 4.51. The molecule has 1 fully saturated rings. The molecule has 0 saturated carbocycles. The highest BCUT2D eigenvalue weighted by Gasteiger charge is 2.42. The number of hydrogen-bond donors (Lipinski definition) is 1. The van der Waals surface area contributed by atoms with Gasteiger partial charge in [-0.1, -0.05) is 11.6 Å². The molecule has 3 aliphatic heterocycles. The molecule has 3 nitrogen and oxygen atoms in total. The van der Waals surface area contributed by atoms with E-state index >= 15 is 0 Å². The van der Waals surface area contributed by atoms with Gasteiger partial charge in [-0.25, -0.2) is 0 Å². The molecule has 0 bridgehead atoms. The Hall–Kier alpha value is -1.57. The first-order chi connectivity index (χ1) is 14.3. The number of rotatable bonds is 2. The number of hydrogen-bond acceptors (Lipinski definition) is 4. The van der Waals surface area contributed by atoms with Crippen LogP contribution in [-0.4, -0.2) is 38.5 Å². The number of fused-ring (bicyclic) bond motifs is 3. The summed E-state index contributed by atoms with van der Waals surface area (Å²) < 4.78 is 39.8. The van der Waals surface area contributed by atoms with E-state index in [2.05, 4.69) is 22.3 Å². The van der Waals surface area contributed by atoms with Crippen LogP contribution in [-0.2, 0) is 11.9 Å². The molecule has 0 unspecified atom stereocenters. The van der Waals surface area contributed by atoms with Gasteiger partial charge in [-0.2, -0.15) is 24.9 Å². The molecule has 0 radical (unpaired) electrons. The third-order valence-electron chi connectivity index (χ3n) is 6.49. The average molecular weight is 454 g/mol. The van der Waals surface area contributed by atoms with E-state index < -0.39 is 11.7 Å². The quantitative estimate of drug-likeness (QED) is 0.634. The molecule has 160 valence electrons. The van der Waals surface area contributed by atoms with Gasteiger partial charge < -0.3 is 15.1 Å². The zero-order chi connectivity index (χ0) is 21.0. The molecule has 0 spiro atoms. The SMILES string of the molecule is CN(c1cc2c3c(c1)[C@@H]1CNCC[C@@H]1N3CCSC2)c1cc(C(F)(F)F)ccc1Cl. The van der Waals surface area contributed by atoms with Crippen LogP contribution in [0.5, 0.6) is 0 Å². The number of nitrogens with zero attached hydrogens (tertiary/aromatic N) is 2. The van der Waals surface area contributed by atoms with E-state index in [1.54, 1.807) is 11.9 Å². The standard InChI is InChI=1S/C22H23ClF3N3S/c1-28(20-9-14(22(24,25)26)2-3-18(20)23)15-8-13-12-30-7-6-29-19-4-5-27-11-17(19)16(10-15)21(13)29/h2-3,8-10,17,19,27H,4-7,11-12H2,1H3/t17-,19-/m0/s1. The lowest BCUT2D eigenvalue weighted by Gasteiger charge is -2.33. The smallest absolute Gasteiger partial charge is 0.367 e. The highest BCUT2D eigenvalue weighted by Crippen LogP contribution is 2.49. The molecular weight excluding hydrogens is 431 g/mol. The van der Waals surface area contributed by atoms with Crippen molar-refractivity contribution in [1.29, 1.82) is 0 Å². The monoisotopic (exact) mass is 453 g/mol. The number of halogens is 4. The van der Waals surface area contributed by atoms with Crippen LogP contribution in [0.15, 0.2) is 30.3 Å². The third-order valence-corrected chi connectivity index (χ3v) is 7.80. The molecule has 1 N–H and O–H groups in total. The van der Waals surface area contributed by atoms with E-state index in [4.69, 9.17) is 11.6 Å². The minimum absolute atomic E-state index is 0.310. The molecule has 30 heavy (non-hydrogen) atoms. The van der Waals surface area contributed by atoms with E-state index in [-0.39, 0.29) is 0 Å². The number of nitrogens with one attached hydrogen (secondary N) is 1. The summed E-state index contributed by atoms with van der Waals surface area (Å²) >= 11 is 8.24. The van der Waals surface area contributed by atoms with Crippen LogP contribution in [0.25, 0.3) is 0 Å². The van der Waals surface area contributed by atoms with Crippen LogP contribution in [0.2, 0.25) is 5.02 Å². The molecule has 0 aromatic heterocycles. The third kappa shape index (κ3) is 3.35. The molecule has 0 amide bonds. The van der Waals surface area contributed by atoms with E-state index in [0.29, 0.717) is 22.7 Å². The maximum atomic E-state index is 13.3. The Morgan fingerprint density at radius 1 is 1.23 bits per heavy atom. The van der Waals surface area contributed by atoms with Gasteiger partial charge in [0.05, 0.1) is 16.3 Å². The first-order valence-electron chi connectivity index (χ1n) is 10.2. The Balaban J connectivity index is 1.60. The normalized spacial score (nSPS) is 23.0. The van der Waals surface area contributed by atoms with Crippen molar-refractivity contribution < 1.29 is 13.2 Å². The van der Waals surface area contributed by atoms with Gasteiger partial charge in [0, 0.05) is 55.0 Å². The fourth-order valence-corrected chi connectivity index (χ4v) is 6.20. The summed E-state index contributed by atoms with van der Waals surface area (Å²) in [4.78, 5) is 4.37. The van der Waals surface area contributed by atoms with Gasteiger partial charge in [-0.05, 0) is 54.4 Å². The maximum Gasteiger partial charge on any atom is 0.416 e. The first-order valence-corrected chi connectivity index (χ1v) is 11.7. The summed E-state index contributed by atoms with van der Waals surface area (Å²) in [6.45, 7) is 3.03. The van der Waals surface area contributed by atoms with Gasteiger partial charge >= 0.3 is 6.18 Å². The van der Waals surface area contributed by atoms with Crippen molar-refractivity contribution in [3.05, 3.63) is 52.0 Å². The van der Waals surface area contributed by atoms with E-state index in [9.17, 15) is 13.2 Å². The Kier molecular flexibility index (Phi) is 5.11. The zero-order valence-corrected chi connectivity index (χ0v) is 18.2. The molecular formula is C22H23ClF3N3S. The summed E-state index contributed by atoms with van der Waals surface area (Å²) in [5, 5.41) is 3.83. The van der Waals surface area contributed by atoms with Crippen LogP contribution < -0.4 is 15.1 Å². The number of alkyl halides is 3. The van der Waals surface area contributed by atoms with Crippen LogP contribution in [0.4, 0.5) is 30.2 Å². The zero-order valence-electron chi connectivity index (χ0n) is 16.6. The maximum absolute atomic E-state index is 13.3. The van der Waals surface area contributed by atoms with E-state index in [1.807, 2.05) is 11.8 Å².